The van der Waals surface area contributed by atoms with E-state index < -0.39 is 17.8 Å². The number of fused-ring (bicyclic) bond motifs is 1. The van der Waals surface area contributed by atoms with Crippen molar-refractivity contribution in [1.82, 2.24) is 15.1 Å². The van der Waals surface area contributed by atoms with Gasteiger partial charge in [-0.25, -0.2) is 0 Å². The van der Waals surface area contributed by atoms with Crippen molar-refractivity contribution in [3.63, 3.8) is 0 Å². The fourth-order valence-electron chi connectivity index (χ4n) is 3.36. The van der Waals surface area contributed by atoms with Gasteiger partial charge in [-0.3, -0.25) is 14.5 Å². The van der Waals surface area contributed by atoms with Crippen LogP contribution in [0.3, 0.4) is 0 Å². The minimum absolute atomic E-state index is 0.163. The topological polar surface area (TPSA) is 59.3 Å². The summed E-state index contributed by atoms with van der Waals surface area (Å²) in [6, 6.07) is 10.5. The number of benzene rings is 2. The Morgan fingerprint density at radius 2 is 2.00 bits per heavy atom. The van der Waals surface area contributed by atoms with Crippen LogP contribution < -0.4 is 5.32 Å². The number of carbonyl (C=O) groups excluding carboxylic acids is 1. The van der Waals surface area contributed by atoms with Crippen LogP contribution in [0.1, 0.15) is 29.7 Å². The Balaban J connectivity index is 1.70. The third-order valence-electron chi connectivity index (χ3n) is 4.84. The number of aliphatic imine (C=N–C) groups is 1. The molecule has 0 bridgehead atoms. The van der Waals surface area contributed by atoms with E-state index in [1.54, 1.807) is 37.0 Å². The first-order valence-corrected chi connectivity index (χ1v) is 9.90. The molecule has 154 valence electrons. The molecule has 3 aromatic rings. The number of rotatable bonds is 3. The Labute approximate surface area is 174 Å². The van der Waals surface area contributed by atoms with Crippen molar-refractivity contribution in [2.75, 3.05) is 7.05 Å². The van der Waals surface area contributed by atoms with E-state index in [4.69, 9.17) is 0 Å². The van der Waals surface area contributed by atoms with Gasteiger partial charge in [0.25, 0.3) is 5.24 Å². The number of amides is 1. The second-order valence-corrected chi connectivity index (χ2v) is 7.80. The Morgan fingerprint density at radius 3 is 2.73 bits per heavy atom. The lowest BCUT2D eigenvalue weighted by molar-refractivity contribution is -0.138. The number of hydrogen-bond acceptors (Lipinski definition) is 4. The summed E-state index contributed by atoms with van der Waals surface area (Å²) in [5, 5.41) is 7.73. The molecule has 1 amide bonds. The van der Waals surface area contributed by atoms with Gasteiger partial charge in [-0.15, -0.1) is 0 Å². The number of halogens is 3. The molecule has 0 saturated carbocycles. The molecule has 0 aliphatic carbocycles. The van der Waals surface area contributed by atoms with E-state index in [1.807, 2.05) is 18.2 Å². The summed E-state index contributed by atoms with van der Waals surface area (Å²) in [4.78, 5) is 16.3. The van der Waals surface area contributed by atoms with Crippen LogP contribution in [0.4, 0.5) is 18.0 Å². The third-order valence-corrected chi connectivity index (χ3v) is 5.66. The van der Waals surface area contributed by atoms with Crippen molar-refractivity contribution in [3.8, 4) is 0 Å². The highest BCUT2D eigenvalue weighted by Gasteiger charge is 2.34. The van der Waals surface area contributed by atoms with Crippen molar-refractivity contribution < 1.29 is 18.0 Å². The zero-order valence-electron chi connectivity index (χ0n) is 16.1. The highest BCUT2D eigenvalue weighted by Crippen LogP contribution is 2.36. The SMILES string of the molecule is CN=C1NC(=O)S/C1=C\c1ccc2nn(C(C)c3ccccc3C(F)(F)F)cc2c1. The Bertz CT molecular complexity index is 1200. The van der Waals surface area contributed by atoms with Gasteiger partial charge < -0.3 is 5.32 Å². The van der Waals surface area contributed by atoms with Crippen LogP contribution in [-0.4, -0.2) is 27.9 Å². The maximum Gasteiger partial charge on any atom is 0.416 e. The number of hydrogen-bond donors (Lipinski definition) is 1. The predicted molar refractivity (Wildman–Crippen MR) is 112 cm³/mol. The summed E-state index contributed by atoms with van der Waals surface area (Å²) in [7, 11) is 1.60. The molecule has 1 aliphatic heterocycles. The molecule has 1 aliphatic rings. The van der Waals surface area contributed by atoms with Gasteiger partial charge in [-0.05, 0) is 54.1 Å². The van der Waals surface area contributed by atoms with E-state index in [2.05, 4.69) is 15.4 Å². The zero-order valence-corrected chi connectivity index (χ0v) is 16.9. The first-order valence-electron chi connectivity index (χ1n) is 9.09. The minimum Gasteiger partial charge on any atom is -0.300 e. The molecule has 9 heteroatoms. The third kappa shape index (κ3) is 3.85. The molecule has 5 nitrogen and oxygen atoms in total. The first kappa shape index (κ1) is 20.2. The molecule has 2 aromatic carbocycles. The fraction of sp³-hybridized carbons (Fsp3) is 0.190. The van der Waals surface area contributed by atoms with Crippen molar-refractivity contribution in [2.45, 2.75) is 19.1 Å². The number of thioether (sulfide) groups is 1. The summed E-state index contributed by atoms with van der Waals surface area (Å²) >= 11 is 1.06. The smallest absolute Gasteiger partial charge is 0.300 e. The van der Waals surface area contributed by atoms with E-state index in [0.29, 0.717) is 16.3 Å². The number of nitrogens with zero attached hydrogens (tertiary/aromatic N) is 3. The van der Waals surface area contributed by atoms with Gasteiger partial charge in [0, 0.05) is 18.6 Å². The number of amidine groups is 1. The summed E-state index contributed by atoms with van der Waals surface area (Å²) in [6.07, 6.45) is -0.862. The molecule has 1 fully saturated rings. The molecule has 1 N–H and O–H groups in total. The minimum atomic E-state index is -4.43. The van der Waals surface area contributed by atoms with Crippen LogP contribution in [0, 0.1) is 0 Å². The van der Waals surface area contributed by atoms with Gasteiger partial charge in [0.15, 0.2) is 0 Å². The number of carbonyl (C=O) groups is 1. The maximum absolute atomic E-state index is 13.4. The molecule has 2 heterocycles. The molecule has 0 spiro atoms. The predicted octanol–water partition coefficient (Wildman–Crippen LogP) is 5.49. The second kappa shape index (κ2) is 7.64. The quantitative estimate of drug-likeness (QED) is 0.598. The van der Waals surface area contributed by atoms with Gasteiger partial charge in [0.05, 0.1) is 22.0 Å². The van der Waals surface area contributed by atoms with Gasteiger partial charge in [-0.1, -0.05) is 24.3 Å². The second-order valence-electron chi connectivity index (χ2n) is 6.78. The Hall–Kier alpha value is -3.07. The van der Waals surface area contributed by atoms with Gasteiger partial charge in [-0.2, -0.15) is 18.3 Å². The Morgan fingerprint density at radius 1 is 1.23 bits per heavy atom. The van der Waals surface area contributed by atoms with Gasteiger partial charge >= 0.3 is 6.18 Å². The standard InChI is InChI=1S/C21H17F3N4OS/c1-12(15-5-3-4-6-16(15)21(22,23)24)28-11-14-9-13(7-8-17(14)27-28)10-18-19(25-2)26-20(29)30-18/h3-12H,1-2H3,(H,25,26,29)/b18-10-. The van der Waals surface area contributed by atoms with E-state index in [1.165, 1.54) is 12.1 Å². The van der Waals surface area contributed by atoms with Gasteiger partial charge in [0.1, 0.15) is 5.84 Å². The molecular weight excluding hydrogens is 413 g/mol. The number of aromatic nitrogens is 2. The van der Waals surface area contributed by atoms with Crippen molar-refractivity contribution in [3.05, 3.63) is 70.3 Å². The fourth-order valence-corrected chi connectivity index (χ4v) is 4.14. The highest BCUT2D eigenvalue weighted by molar-refractivity contribution is 8.18. The summed E-state index contributed by atoms with van der Waals surface area (Å²) in [5.74, 6) is 0.512. The Kier molecular flexibility index (Phi) is 5.15. The van der Waals surface area contributed by atoms with Crippen LogP contribution in [0.15, 0.2) is 58.6 Å². The monoisotopic (exact) mass is 430 g/mol. The first-order chi connectivity index (χ1) is 14.3. The van der Waals surface area contributed by atoms with Crippen LogP contribution in [0.2, 0.25) is 0 Å². The van der Waals surface area contributed by atoms with Crippen molar-refractivity contribution in [2.24, 2.45) is 4.99 Å². The lowest BCUT2D eigenvalue weighted by Crippen LogP contribution is -2.18. The summed E-state index contributed by atoms with van der Waals surface area (Å²) in [5.41, 5.74) is 1.01. The summed E-state index contributed by atoms with van der Waals surface area (Å²) in [6.45, 7) is 1.69. The molecule has 1 saturated heterocycles. The normalized spacial score (nSPS) is 18.4. The van der Waals surface area contributed by atoms with E-state index >= 15 is 0 Å². The molecule has 30 heavy (non-hydrogen) atoms. The zero-order chi connectivity index (χ0) is 21.5. The van der Waals surface area contributed by atoms with E-state index in [9.17, 15) is 18.0 Å². The van der Waals surface area contributed by atoms with Crippen LogP contribution >= 0.6 is 11.8 Å². The molecule has 1 atom stereocenters. The van der Waals surface area contributed by atoms with E-state index in [0.717, 1.165) is 28.8 Å². The molecule has 1 unspecified atom stereocenters. The van der Waals surface area contributed by atoms with Crippen molar-refractivity contribution in [1.29, 1.82) is 0 Å². The van der Waals surface area contributed by atoms with Gasteiger partial charge in [0.2, 0.25) is 0 Å². The average molecular weight is 430 g/mol. The lowest BCUT2D eigenvalue weighted by Gasteiger charge is -2.18. The summed E-state index contributed by atoms with van der Waals surface area (Å²) < 4.78 is 41.7. The molecular formula is C21H17F3N4OS. The maximum atomic E-state index is 13.4. The number of alkyl halides is 3. The molecule has 1 aromatic heterocycles. The van der Waals surface area contributed by atoms with Crippen LogP contribution in [0.25, 0.3) is 17.0 Å². The molecule has 0 radical (unpaired) electrons. The largest absolute Gasteiger partial charge is 0.416 e. The van der Waals surface area contributed by atoms with E-state index in [-0.39, 0.29) is 10.8 Å². The van der Waals surface area contributed by atoms with Crippen LogP contribution in [-0.2, 0) is 6.18 Å². The number of nitrogens with one attached hydrogen (secondary N) is 1. The van der Waals surface area contributed by atoms with Crippen LogP contribution in [0.5, 0.6) is 0 Å². The molecule has 4 rings (SSSR count). The lowest BCUT2D eigenvalue weighted by atomic mass is 10.0. The average Bonchev–Trinajstić information content (AvgIpc) is 3.29. The highest BCUT2D eigenvalue weighted by atomic mass is 32.2. The van der Waals surface area contributed by atoms with Crippen molar-refractivity contribution >= 4 is 39.8 Å².